The molecule has 0 aliphatic rings. The smallest absolute Gasteiger partial charge is 0.336 e. The summed E-state index contributed by atoms with van der Waals surface area (Å²) in [5.41, 5.74) is -0.120. The Morgan fingerprint density at radius 3 is 2.38 bits per heavy atom. The molecule has 0 unspecified atom stereocenters. The van der Waals surface area contributed by atoms with Crippen LogP contribution in [0.4, 0.5) is 4.39 Å². The lowest BCUT2D eigenvalue weighted by Crippen LogP contribution is -2.39. The first-order valence-corrected chi connectivity index (χ1v) is 7.64. The molecule has 0 saturated carbocycles. The minimum Gasteiger partial charge on any atom is -0.489 e. The number of hydrogen-bond acceptors (Lipinski definition) is 3. The van der Waals surface area contributed by atoms with Gasteiger partial charge in [-0.15, -0.1) is 0 Å². The predicted molar refractivity (Wildman–Crippen MR) is 83.5 cm³/mol. The first kappa shape index (κ1) is 17.9. The number of nitrogens with zero attached hydrogens (tertiary/aromatic N) is 1. The number of hydrogen-bond donors (Lipinski definition) is 1. The maximum absolute atomic E-state index is 14.0. The van der Waals surface area contributed by atoms with Gasteiger partial charge in [-0.3, -0.25) is 4.90 Å². The van der Waals surface area contributed by atoms with Crippen molar-refractivity contribution < 1.29 is 19.0 Å². The Balaban J connectivity index is 2.73. The Morgan fingerprint density at radius 2 is 1.90 bits per heavy atom. The Kier molecular flexibility index (Phi) is 6.61. The van der Waals surface area contributed by atoms with Crippen LogP contribution in [0.25, 0.3) is 0 Å². The van der Waals surface area contributed by atoms with E-state index in [4.69, 9.17) is 9.84 Å². The summed E-state index contributed by atoms with van der Waals surface area (Å²) in [6, 6.07) is 3.42. The minimum absolute atomic E-state index is 0.0549. The molecule has 0 heterocycles. The zero-order valence-electron chi connectivity index (χ0n) is 12.7. The van der Waals surface area contributed by atoms with E-state index in [1.54, 1.807) is 0 Å². The van der Waals surface area contributed by atoms with Gasteiger partial charge in [0, 0.05) is 18.6 Å². The van der Waals surface area contributed by atoms with Crippen molar-refractivity contribution in [3.05, 3.63) is 28.0 Å². The lowest BCUT2D eigenvalue weighted by molar-refractivity contribution is 0.0695. The van der Waals surface area contributed by atoms with Gasteiger partial charge >= 0.3 is 5.97 Å². The van der Waals surface area contributed by atoms with Crippen molar-refractivity contribution in [2.45, 2.75) is 39.8 Å². The van der Waals surface area contributed by atoms with Crippen molar-refractivity contribution in [1.29, 1.82) is 0 Å². The van der Waals surface area contributed by atoms with Crippen LogP contribution in [0.5, 0.6) is 5.75 Å². The van der Waals surface area contributed by atoms with Crippen LogP contribution in [0, 0.1) is 5.82 Å². The fraction of sp³-hybridized carbons (Fsp3) is 0.533. The first-order chi connectivity index (χ1) is 9.75. The molecule has 0 aliphatic heterocycles. The molecular weight excluding hydrogens is 341 g/mol. The van der Waals surface area contributed by atoms with E-state index in [9.17, 15) is 9.18 Å². The molecule has 0 atom stereocenters. The second-order valence-electron chi connectivity index (χ2n) is 5.32. The molecule has 6 heteroatoms. The molecule has 1 N–H and O–H groups in total. The Bertz CT molecular complexity index is 498. The van der Waals surface area contributed by atoms with E-state index in [-0.39, 0.29) is 15.8 Å². The number of benzene rings is 1. The molecule has 0 bridgehead atoms. The average molecular weight is 362 g/mol. The number of rotatable bonds is 7. The fourth-order valence-electron chi connectivity index (χ4n) is 2.18. The lowest BCUT2D eigenvalue weighted by Gasteiger charge is -2.30. The third kappa shape index (κ3) is 4.68. The molecule has 0 aliphatic carbocycles. The van der Waals surface area contributed by atoms with E-state index in [1.807, 2.05) is 0 Å². The van der Waals surface area contributed by atoms with Crippen molar-refractivity contribution in [1.82, 2.24) is 4.90 Å². The second-order valence-corrected chi connectivity index (χ2v) is 6.11. The summed E-state index contributed by atoms with van der Waals surface area (Å²) in [7, 11) is 0. The third-order valence-electron chi connectivity index (χ3n) is 3.21. The van der Waals surface area contributed by atoms with E-state index < -0.39 is 11.8 Å². The minimum atomic E-state index is -1.18. The molecule has 0 fully saturated rings. The monoisotopic (exact) mass is 361 g/mol. The first-order valence-electron chi connectivity index (χ1n) is 6.85. The number of carbonyl (C=O) groups is 1. The van der Waals surface area contributed by atoms with Gasteiger partial charge in [0.15, 0.2) is 11.6 Å². The third-order valence-corrected chi connectivity index (χ3v) is 3.99. The van der Waals surface area contributed by atoms with E-state index in [1.165, 1.54) is 12.1 Å². The number of aromatic carboxylic acids is 1. The van der Waals surface area contributed by atoms with Gasteiger partial charge in [0.1, 0.15) is 6.61 Å². The summed E-state index contributed by atoms with van der Waals surface area (Å²) in [6.45, 7) is 9.40. The van der Waals surface area contributed by atoms with E-state index in [2.05, 4.69) is 48.5 Å². The molecule has 0 amide bonds. The van der Waals surface area contributed by atoms with Gasteiger partial charge in [-0.05, 0) is 55.8 Å². The van der Waals surface area contributed by atoms with Crippen LogP contribution in [-0.2, 0) is 0 Å². The zero-order valence-corrected chi connectivity index (χ0v) is 14.3. The maximum Gasteiger partial charge on any atom is 0.336 e. The number of carboxylic acid groups (broad SMARTS) is 1. The van der Waals surface area contributed by atoms with Crippen LogP contribution in [0.2, 0.25) is 0 Å². The van der Waals surface area contributed by atoms with Crippen molar-refractivity contribution >= 4 is 21.9 Å². The fourth-order valence-corrected chi connectivity index (χ4v) is 2.68. The van der Waals surface area contributed by atoms with Crippen molar-refractivity contribution in [3.63, 3.8) is 0 Å². The molecular formula is C15H21BrFNO3. The maximum atomic E-state index is 14.0. The Hall–Kier alpha value is -1.14. The van der Waals surface area contributed by atoms with Crippen LogP contribution in [0.15, 0.2) is 16.6 Å². The summed E-state index contributed by atoms with van der Waals surface area (Å²) in [5.74, 6) is -1.81. The average Bonchev–Trinajstić information content (AvgIpc) is 2.37. The molecule has 0 spiro atoms. The van der Waals surface area contributed by atoms with Gasteiger partial charge in [0.25, 0.3) is 0 Å². The molecule has 118 valence electrons. The highest BCUT2D eigenvalue weighted by Gasteiger charge is 2.18. The zero-order chi connectivity index (χ0) is 16.2. The quantitative estimate of drug-likeness (QED) is 0.802. The molecule has 1 rings (SSSR count). The summed E-state index contributed by atoms with van der Waals surface area (Å²) < 4.78 is 19.4. The van der Waals surface area contributed by atoms with Crippen LogP contribution in [0.1, 0.15) is 38.1 Å². The highest BCUT2D eigenvalue weighted by Crippen LogP contribution is 2.28. The van der Waals surface area contributed by atoms with E-state index in [0.29, 0.717) is 25.2 Å². The van der Waals surface area contributed by atoms with Crippen molar-refractivity contribution in [2.75, 3.05) is 13.2 Å². The van der Waals surface area contributed by atoms with Gasteiger partial charge in [-0.1, -0.05) is 0 Å². The van der Waals surface area contributed by atoms with Gasteiger partial charge in [-0.25, -0.2) is 9.18 Å². The highest BCUT2D eigenvalue weighted by molar-refractivity contribution is 9.10. The normalized spacial score (nSPS) is 11.5. The van der Waals surface area contributed by atoms with Gasteiger partial charge < -0.3 is 9.84 Å². The number of ether oxygens (including phenoxy) is 1. The van der Waals surface area contributed by atoms with Gasteiger partial charge in [0.05, 0.1) is 10.0 Å². The largest absolute Gasteiger partial charge is 0.489 e. The standard InChI is InChI=1S/C15H21BrFNO3/c1-9(2)18(10(3)4)7-8-21-12-6-5-11(15(19)20)13(16)14(12)17/h5-6,9-10H,7-8H2,1-4H3,(H,19,20). The molecule has 4 nitrogen and oxygen atoms in total. The summed E-state index contributed by atoms with van der Waals surface area (Å²) in [5, 5.41) is 8.91. The van der Waals surface area contributed by atoms with Crippen LogP contribution in [0.3, 0.4) is 0 Å². The Morgan fingerprint density at radius 1 is 1.33 bits per heavy atom. The topological polar surface area (TPSA) is 49.8 Å². The van der Waals surface area contributed by atoms with Gasteiger partial charge in [-0.2, -0.15) is 0 Å². The van der Waals surface area contributed by atoms with Crippen molar-refractivity contribution in [3.8, 4) is 5.75 Å². The molecule has 1 aromatic rings. The summed E-state index contributed by atoms with van der Waals surface area (Å²) in [6.07, 6.45) is 0. The van der Waals surface area contributed by atoms with Crippen LogP contribution in [-0.4, -0.2) is 41.2 Å². The van der Waals surface area contributed by atoms with Gasteiger partial charge in [0.2, 0.25) is 0 Å². The highest BCUT2D eigenvalue weighted by atomic mass is 79.9. The molecule has 0 aromatic heterocycles. The van der Waals surface area contributed by atoms with Crippen molar-refractivity contribution in [2.24, 2.45) is 0 Å². The molecule has 0 saturated heterocycles. The van der Waals surface area contributed by atoms with Crippen LogP contribution >= 0.6 is 15.9 Å². The summed E-state index contributed by atoms with van der Waals surface area (Å²) in [4.78, 5) is 13.1. The Labute approximate surface area is 133 Å². The molecule has 1 aromatic carbocycles. The summed E-state index contributed by atoms with van der Waals surface area (Å²) >= 11 is 2.95. The lowest BCUT2D eigenvalue weighted by atomic mass is 10.2. The number of halogens is 2. The van der Waals surface area contributed by atoms with Crippen LogP contribution < -0.4 is 4.74 Å². The second kappa shape index (κ2) is 7.75. The van der Waals surface area contributed by atoms with E-state index in [0.717, 1.165) is 0 Å². The number of carboxylic acids is 1. The SMILES string of the molecule is CC(C)N(CCOc1ccc(C(=O)O)c(Br)c1F)C(C)C. The predicted octanol–water partition coefficient (Wildman–Crippen LogP) is 3.78. The van der Waals surface area contributed by atoms with E-state index >= 15 is 0 Å². The molecule has 21 heavy (non-hydrogen) atoms. The molecule has 0 radical (unpaired) electrons.